The number of nitrogens with one attached hydrogen (secondary N) is 1. The molecule has 0 heterocycles. The predicted molar refractivity (Wildman–Crippen MR) is 74.9 cm³/mol. The summed E-state index contributed by atoms with van der Waals surface area (Å²) >= 11 is 0. The Labute approximate surface area is 114 Å². The molecule has 0 aromatic heterocycles. The van der Waals surface area contributed by atoms with E-state index in [1.807, 2.05) is 20.8 Å². The van der Waals surface area contributed by atoms with Crippen molar-refractivity contribution < 1.29 is 9.13 Å². The lowest BCUT2D eigenvalue weighted by atomic mass is 9.96. The van der Waals surface area contributed by atoms with Crippen LogP contribution in [0.25, 0.3) is 0 Å². The minimum absolute atomic E-state index is 0.0718. The van der Waals surface area contributed by atoms with Crippen LogP contribution >= 0.6 is 0 Å². The van der Waals surface area contributed by atoms with Gasteiger partial charge in [-0.3, -0.25) is 11.3 Å². The highest BCUT2D eigenvalue weighted by Gasteiger charge is 2.14. The molecule has 0 aliphatic heterocycles. The van der Waals surface area contributed by atoms with E-state index in [-0.39, 0.29) is 17.3 Å². The number of hydrogen-bond donors (Lipinski definition) is 2. The van der Waals surface area contributed by atoms with Gasteiger partial charge in [0.1, 0.15) is 11.6 Å². The summed E-state index contributed by atoms with van der Waals surface area (Å²) < 4.78 is 18.9. The molecule has 0 bridgehead atoms. The van der Waals surface area contributed by atoms with Crippen molar-refractivity contribution in [3.05, 3.63) is 29.6 Å². The quantitative estimate of drug-likeness (QED) is 0.499. The lowest BCUT2D eigenvalue weighted by Gasteiger charge is -2.15. The van der Waals surface area contributed by atoms with Gasteiger partial charge in [0.15, 0.2) is 0 Å². The Bertz CT molecular complexity index is 483. The number of hydrogen-bond acceptors (Lipinski definition) is 3. The van der Waals surface area contributed by atoms with Gasteiger partial charge < -0.3 is 4.74 Å². The number of rotatable bonds is 4. The summed E-state index contributed by atoms with van der Waals surface area (Å²) in [5.74, 6) is 11.8. The second-order valence-corrected chi connectivity index (χ2v) is 5.36. The molecule has 3 N–H and O–H groups in total. The summed E-state index contributed by atoms with van der Waals surface area (Å²) in [6.07, 6.45) is 0.455. The van der Waals surface area contributed by atoms with Gasteiger partial charge in [0.2, 0.25) is 0 Å². The average Bonchev–Trinajstić information content (AvgIpc) is 2.34. The van der Waals surface area contributed by atoms with Crippen LogP contribution in [-0.4, -0.2) is 7.11 Å². The zero-order valence-corrected chi connectivity index (χ0v) is 11.9. The van der Waals surface area contributed by atoms with Gasteiger partial charge in [-0.05, 0) is 26.8 Å². The Kier molecular flexibility index (Phi) is 5.34. The van der Waals surface area contributed by atoms with Crippen molar-refractivity contribution in [3.63, 3.8) is 0 Å². The first kappa shape index (κ1) is 15.5. The first-order valence-corrected chi connectivity index (χ1v) is 6.17. The zero-order valence-electron chi connectivity index (χ0n) is 11.9. The third-order valence-corrected chi connectivity index (χ3v) is 2.55. The molecule has 1 atom stereocenters. The molecule has 1 aromatic rings. The van der Waals surface area contributed by atoms with Crippen LogP contribution in [0.2, 0.25) is 0 Å². The Balaban J connectivity index is 2.88. The Morgan fingerprint density at radius 3 is 2.58 bits per heavy atom. The molecule has 104 valence electrons. The van der Waals surface area contributed by atoms with Gasteiger partial charge in [0, 0.05) is 23.5 Å². The topological polar surface area (TPSA) is 47.3 Å². The number of benzene rings is 1. The Morgan fingerprint density at radius 1 is 1.42 bits per heavy atom. The van der Waals surface area contributed by atoms with Gasteiger partial charge in [-0.25, -0.2) is 4.39 Å². The van der Waals surface area contributed by atoms with Crippen LogP contribution in [0.5, 0.6) is 5.75 Å². The summed E-state index contributed by atoms with van der Waals surface area (Å²) in [5.41, 5.74) is 3.02. The van der Waals surface area contributed by atoms with E-state index in [9.17, 15) is 4.39 Å². The Hall–Kier alpha value is -1.57. The summed E-state index contributed by atoms with van der Waals surface area (Å²) in [6.45, 7) is 6.08. The van der Waals surface area contributed by atoms with Crippen LogP contribution in [0.4, 0.5) is 4.39 Å². The highest BCUT2D eigenvalue weighted by atomic mass is 19.1. The smallest absolute Gasteiger partial charge is 0.131 e. The number of hydrazine groups is 1. The van der Waals surface area contributed by atoms with Crippen LogP contribution < -0.4 is 16.0 Å². The third-order valence-electron chi connectivity index (χ3n) is 2.55. The maximum absolute atomic E-state index is 13.9. The van der Waals surface area contributed by atoms with Crippen molar-refractivity contribution in [2.24, 2.45) is 11.3 Å². The maximum atomic E-state index is 13.9. The molecule has 0 aliphatic rings. The molecule has 0 spiro atoms. The highest BCUT2D eigenvalue weighted by molar-refractivity contribution is 5.31. The average molecular weight is 264 g/mol. The van der Waals surface area contributed by atoms with Crippen molar-refractivity contribution >= 4 is 0 Å². The minimum Gasteiger partial charge on any atom is -0.497 e. The fraction of sp³-hybridized carbons (Fsp3) is 0.467. The molecule has 0 saturated carbocycles. The molecule has 3 nitrogen and oxygen atoms in total. The third kappa shape index (κ3) is 4.90. The second kappa shape index (κ2) is 6.55. The summed E-state index contributed by atoms with van der Waals surface area (Å²) in [4.78, 5) is 0. The van der Waals surface area contributed by atoms with E-state index in [1.165, 1.54) is 13.2 Å². The summed E-state index contributed by atoms with van der Waals surface area (Å²) in [5, 5.41) is 0. The van der Waals surface area contributed by atoms with Crippen molar-refractivity contribution in [2.75, 3.05) is 7.11 Å². The lowest BCUT2D eigenvalue weighted by molar-refractivity contribution is 0.409. The molecule has 0 aliphatic carbocycles. The molecule has 0 amide bonds. The molecule has 1 rings (SSSR count). The van der Waals surface area contributed by atoms with Gasteiger partial charge in [-0.15, -0.1) is 5.92 Å². The molecule has 1 aromatic carbocycles. The van der Waals surface area contributed by atoms with Crippen LogP contribution in [-0.2, 0) is 0 Å². The first-order valence-electron chi connectivity index (χ1n) is 6.17. The minimum atomic E-state index is -0.347. The summed E-state index contributed by atoms with van der Waals surface area (Å²) in [7, 11) is 1.50. The van der Waals surface area contributed by atoms with E-state index in [1.54, 1.807) is 12.1 Å². The normalized spacial score (nSPS) is 12.5. The molecule has 0 fully saturated rings. The molecule has 19 heavy (non-hydrogen) atoms. The fourth-order valence-corrected chi connectivity index (χ4v) is 1.59. The van der Waals surface area contributed by atoms with Crippen molar-refractivity contribution in [3.8, 4) is 17.6 Å². The van der Waals surface area contributed by atoms with E-state index in [2.05, 4.69) is 17.3 Å². The zero-order chi connectivity index (χ0) is 14.5. The van der Waals surface area contributed by atoms with Crippen molar-refractivity contribution in [1.29, 1.82) is 0 Å². The SMILES string of the molecule is COc1ccc(C(CC#CC(C)(C)C)NN)c(F)c1. The van der Waals surface area contributed by atoms with Crippen LogP contribution in [0, 0.1) is 23.1 Å². The maximum Gasteiger partial charge on any atom is 0.131 e. The van der Waals surface area contributed by atoms with Crippen molar-refractivity contribution in [1.82, 2.24) is 5.43 Å². The van der Waals surface area contributed by atoms with Gasteiger partial charge in [0.25, 0.3) is 0 Å². The van der Waals surface area contributed by atoms with E-state index in [4.69, 9.17) is 10.6 Å². The van der Waals surface area contributed by atoms with Crippen LogP contribution in [0.3, 0.4) is 0 Å². The molecule has 0 saturated heterocycles. The Morgan fingerprint density at radius 2 is 2.11 bits per heavy atom. The number of nitrogens with two attached hydrogens (primary N) is 1. The second-order valence-electron chi connectivity index (χ2n) is 5.36. The fourth-order valence-electron chi connectivity index (χ4n) is 1.59. The monoisotopic (exact) mass is 264 g/mol. The number of ether oxygens (including phenoxy) is 1. The van der Waals surface area contributed by atoms with E-state index in [0.717, 1.165) is 0 Å². The van der Waals surface area contributed by atoms with Crippen LogP contribution in [0.15, 0.2) is 18.2 Å². The number of methoxy groups -OCH3 is 1. The van der Waals surface area contributed by atoms with Crippen molar-refractivity contribution in [2.45, 2.75) is 33.2 Å². The van der Waals surface area contributed by atoms with E-state index >= 15 is 0 Å². The van der Waals surface area contributed by atoms with E-state index in [0.29, 0.717) is 17.7 Å². The first-order chi connectivity index (χ1) is 8.87. The van der Waals surface area contributed by atoms with Gasteiger partial charge in [-0.2, -0.15) is 0 Å². The number of halogens is 1. The molecular formula is C15H21FN2O. The molecule has 4 heteroatoms. The largest absolute Gasteiger partial charge is 0.497 e. The van der Waals surface area contributed by atoms with E-state index < -0.39 is 0 Å². The summed E-state index contributed by atoms with van der Waals surface area (Å²) in [6, 6.07) is 4.38. The predicted octanol–water partition coefficient (Wildman–Crippen LogP) is 2.78. The molecular weight excluding hydrogens is 243 g/mol. The van der Waals surface area contributed by atoms with Gasteiger partial charge >= 0.3 is 0 Å². The molecule has 0 radical (unpaired) electrons. The van der Waals surface area contributed by atoms with Gasteiger partial charge in [-0.1, -0.05) is 12.0 Å². The standard InChI is InChI=1S/C15H21FN2O/c1-15(2,3)9-5-6-14(18-17)12-8-7-11(19-4)10-13(12)16/h7-8,10,14,18H,6,17H2,1-4H3. The van der Waals surface area contributed by atoms with Crippen LogP contribution in [0.1, 0.15) is 38.8 Å². The van der Waals surface area contributed by atoms with Gasteiger partial charge in [0.05, 0.1) is 13.2 Å². The highest BCUT2D eigenvalue weighted by Crippen LogP contribution is 2.23. The lowest BCUT2D eigenvalue weighted by Crippen LogP contribution is -2.28. The molecule has 1 unspecified atom stereocenters.